The second-order valence-corrected chi connectivity index (χ2v) is 5.37. The number of aryl methyl sites for hydroxylation is 1. The summed E-state index contributed by atoms with van der Waals surface area (Å²) in [5.74, 6) is 1.61. The van der Waals surface area contributed by atoms with Crippen molar-refractivity contribution < 1.29 is 14.3 Å². The monoisotopic (exact) mass is 251 g/mol. The second-order valence-electron chi connectivity index (χ2n) is 5.37. The van der Waals surface area contributed by atoms with E-state index < -0.39 is 5.60 Å². The average molecular weight is 251 g/mol. The minimum Gasteiger partial charge on any atom is -0.464 e. The van der Waals surface area contributed by atoms with Gasteiger partial charge in [0, 0.05) is 7.05 Å². The van der Waals surface area contributed by atoms with Gasteiger partial charge in [-0.05, 0) is 31.9 Å². The quantitative estimate of drug-likeness (QED) is 0.893. The predicted octanol–water partition coefficient (Wildman–Crippen LogP) is 2.24. The van der Waals surface area contributed by atoms with Crippen molar-refractivity contribution in [3.63, 3.8) is 0 Å². The van der Waals surface area contributed by atoms with Gasteiger partial charge in [0.2, 0.25) is 5.91 Å². The highest BCUT2D eigenvalue weighted by atomic mass is 16.3. The molecule has 0 aromatic carbocycles. The van der Waals surface area contributed by atoms with Gasteiger partial charge in [-0.1, -0.05) is 12.8 Å². The Morgan fingerprint density at radius 1 is 1.44 bits per heavy atom. The first-order valence-corrected chi connectivity index (χ1v) is 6.50. The fraction of sp³-hybridized carbons (Fsp3) is 0.643. The normalized spacial score (nSPS) is 17.9. The van der Waals surface area contributed by atoms with Crippen molar-refractivity contribution in [3.8, 4) is 0 Å². The number of hydrogen-bond donors (Lipinski definition) is 1. The molecule has 1 N–H and O–H groups in total. The Kier molecular flexibility index (Phi) is 3.76. The molecule has 0 radical (unpaired) electrons. The molecule has 0 bridgehead atoms. The van der Waals surface area contributed by atoms with Gasteiger partial charge in [-0.3, -0.25) is 4.79 Å². The minimum absolute atomic E-state index is 0.0200. The van der Waals surface area contributed by atoms with Crippen molar-refractivity contribution in [2.75, 3.05) is 7.05 Å². The number of rotatable bonds is 4. The molecule has 0 spiro atoms. The molecule has 1 heterocycles. The molecule has 1 saturated carbocycles. The first-order valence-electron chi connectivity index (χ1n) is 6.50. The van der Waals surface area contributed by atoms with Crippen molar-refractivity contribution >= 4 is 5.91 Å². The van der Waals surface area contributed by atoms with E-state index in [-0.39, 0.29) is 12.3 Å². The smallest absolute Gasteiger partial charge is 0.225 e. The van der Waals surface area contributed by atoms with Crippen LogP contribution in [0.4, 0.5) is 0 Å². The topological polar surface area (TPSA) is 53.7 Å². The van der Waals surface area contributed by atoms with Gasteiger partial charge < -0.3 is 14.4 Å². The fourth-order valence-corrected chi connectivity index (χ4v) is 2.52. The lowest BCUT2D eigenvalue weighted by Gasteiger charge is -2.24. The van der Waals surface area contributed by atoms with Gasteiger partial charge in [-0.15, -0.1) is 0 Å². The molecule has 1 amide bonds. The van der Waals surface area contributed by atoms with Crippen LogP contribution in [-0.4, -0.2) is 28.6 Å². The number of furan rings is 1. The van der Waals surface area contributed by atoms with E-state index in [4.69, 9.17) is 4.42 Å². The molecular formula is C14H21NO3. The Hall–Kier alpha value is -1.29. The largest absolute Gasteiger partial charge is 0.464 e. The summed E-state index contributed by atoms with van der Waals surface area (Å²) in [5.41, 5.74) is -0.773. The summed E-state index contributed by atoms with van der Waals surface area (Å²) < 4.78 is 5.44. The molecule has 4 nitrogen and oxygen atoms in total. The summed E-state index contributed by atoms with van der Waals surface area (Å²) in [6.45, 7) is 2.34. The number of aliphatic hydroxyl groups is 1. The number of nitrogens with zero attached hydrogens (tertiary/aromatic N) is 1. The second kappa shape index (κ2) is 5.14. The number of amides is 1. The Bertz CT molecular complexity index is 418. The Labute approximate surface area is 108 Å². The van der Waals surface area contributed by atoms with Crippen LogP contribution in [0.2, 0.25) is 0 Å². The fourth-order valence-electron chi connectivity index (χ4n) is 2.52. The van der Waals surface area contributed by atoms with Crippen LogP contribution in [0, 0.1) is 6.92 Å². The Balaban J connectivity index is 1.88. The van der Waals surface area contributed by atoms with Crippen molar-refractivity contribution in [2.24, 2.45) is 0 Å². The van der Waals surface area contributed by atoms with Crippen LogP contribution in [-0.2, 0) is 11.3 Å². The molecule has 0 saturated heterocycles. The average Bonchev–Trinajstić information content (AvgIpc) is 2.88. The third-order valence-corrected chi connectivity index (χ3v) is 3.63. The highest BCUT2D eigenvalue weighted by molar-refractivity contribution is 5.77. The lowest BCUT2D eigenvalue weighted by molar-refractivity contribution is -0.135. The van der Waals surface area contributed by atoms with Gasteiger partial charge >= 0.3 is 0 Å². The van der Waals surface area contributed by atoms with Crippen molar-refractivity contribution in [1.82, 2.24) is 4.90 Å². The van der Waals surface area contributed by atoms with Crippen LogP contribution in [0.15, 0.2) is 16.5 Å². The molecule has 0 unspecified atom stereocenters. The third kappa shape index (κ3) is 3.13. The third-order valence-electron chi connectivity index (χ3n) is 3.63. The summed E-state index contributed by atoms with van der Waals surface area (Å²) in [4.78, 5) is 13.7. The SMILES string of the molecule is Cc1ccc(CN(C)C(=O)CC2(O)CCCC2)o1. The molecule has 1 aliphatic rings. The molecule has 100 valence electrons. The first-order chi connectivity index (χ1) is 8.48. The maximum absolute atomic E-state index is 12.0. The molecule has 4 heteroatoms. The number of carbonyl (C=O) groups is 1. The zero-order chi connectivity index (χ0) is 13.2. The van der Waals surface area contributed by atoms with Crippen LogP contribution < -0.4 is 0 Å². The summed E-state index contributed by atoms with van der Waals surface area (Å²) in [6, 6.07) is 3.77. The van der Waals surface area contributed by atoms with Gasteiger partial charge in [-0.2, -0.15) is 0 Å². The maximum atomic E-state index is 12.0. The predicted molar refractivity (Wildman–Crippen MR) is 68.0 cm³/mol. The summed E-state index contributed by atoms with van der Waals surface area (Å²) >= 11 is 0. The maximum Gasteiger partial charge on any atom is 0.225 e. The molecule has 2 rings (SSSR count). The van der Waals surface area contributed by atoms with Crippen LogP contribution in [0.5, 0.6) is 0 Å². The van der Waals surface area contributed by atoms with Crippen LogP contribution >= 0.6 is 0 Å². The molecule has 0 atom stereocenters. The van der Waals surface area contributed by atoms with Crippen LogP contribution in [0.25, 0.3) is 0 Å². The Morgan fingerprint density at radius 2 is 2.11 bits per heavy atom. The van der Waals surface area contributed by atoms with E-state index in [9.17, 15) is 9.90 Å². The number of carbonyl (C=O) groups excluding carboxylic acids is 1. The first kappa shape index (κ1) is 13.1. The van der Waals surface area contributed by atoms with E-state index in [1.54, 1.807) is 11.9 Å². The molecule has 1 aromatic rings. The molecule has 18 heavy (non-hydrogen) atoms. The van der Waals surface area contributed by atoms with E-state index in [0.717, 1.165) is 37.2 Å². The van der Waals surface area contributed by atoms with E-state index in [0.29, 0.717) is 6.54 Å². The van der Waals surface area contributed by atoms with Crippen molar-refractivity contribution in [2.45, 2.75) is 51.2 Å². The molecule has 1 aliphatic carbocycles. The van der Waals surface area contributed by atoms with Crippen LogP contribution in [0.3, 0.4) is 0 Å². The standard InChI is InChI=1S/C14H21NO3/c1-11-5-6-12(18-11)10-15(2)13(16)9-14(17)7-3-4-8-14/h5-6,17H,3-4,7-10H2,1-2H3. The Morgan fingerprint density at radius 3 is 2.67 bits per heavy atom. The molecule has 0 aliphatic heterocycles. The van der Waals surface area contributed by atoms with Crippen molar-refractivity contribution in [3.05, 3.63) is 23.7 Å². The van der Waals surface area contributed by atoms with Gasteiger partial charge in [0.15, 0.2) is 0 Å². The van der Waals surface area contributed by atoms with E-state index in [2.05, 4.69) is 0 Å². The van der Waals surface area contributed by atoms with E-state index in [1.807, 2.05) is 19.1 Å². The molecule has 1 fully saturated rings. The molecule has 1 aromatic heterocycles. The summed E-state index contributed by atoms with van der Waals surface area (Å²) in [5, 5.41) is 10.2. The zero-order valence-corrected chi connectivity index (χ0v) is 11.1. The van der Waals surface area contributed by atoms with Crippen LogP contribution in [0.1, 0.15) is 43.6 Å². The van der Waals surface area contributed by atoms with E-state index >= 15 is 0 Å². The highest BCUT2D eigenvalue weighted by Crippen LogP contribution is 2.32. The minimum atomic E-state index is -0.773. The van der Waals surface area contributed by atoms with Crippen molar-refractivity contribution in [1.29, 1.82) is 0 Å². The number of hydrogen-bond acceptors (Lipinski definition) is 3. The van der Waals surface area contributed by atoms with Gasteiger partial charge in [0.1, 0.15) is 11.5 Å². The van der Waals surface area contributed by atoms with Gasteiger partial charge in [0.25, 0.3) is 0 Å². The lowest BCUT2D eigenvalue weighted by Crippen LogP contribution is -2.35. The summed E-state index contributed by atoms with van der Waals surface area (Å²) in [7, 11) is 1.75. The summed E-state index contributed by atoms with van der Waals surface area (Å²) in [6.07, 6.45) is 3.75. The van der Waals surface area contributed by atoms with Gasteiger partial charge in [0.05, 0.1) is 18.6 Å². The molecular weight excluding hydrogens is 230 g/mol. The lowest BCUT2D eigenvalue weighted by atomic mass is 9.97. The van der Waals surface area contributed by atoms with E-state index in [1.165, 1.54) is 0 Å². The highest BCUT2D eigenvalue weighted by Gasteiger charge is 2.34. The zero-order valence-electron chi connectivity index (χ0n) is 11.1. The van der Waals surface area contributed by atoms with Gasteiger partial charge in [-0.25, -0.2) is 0 Å².